The molecule has 1 aliphatic heterocycles. The van der Waals surface area contributed by atoms with Gasteiger partial charge in [0.2, 0.25) is 11.8 Å². The van der Waals surface area contributed by atoms with E-state index in [2.05, 4.69) is 10.6 Å². The van der Waals surface area contributed by atoms with E-state index in [1.165, 1.54) is 0 Å². The van der Waals surface area contributed by atoms with Gasteiger partial charge < -0.3 is 16.4 Å². The Labute approximate surface area is 135 Å². The summed E-state index contributed by atoms with van der Waals surface area (Å²) in [5.74, 6) is -0.538. The maximum absolute atomic E-state index is 12.2. The molecule has 23 heavy (non-hydrogen) atoms. The molecular weight excluding hydrogens is 296 g/mol. The first-order valence-electron chi connectivity index (χ1n) is 7.42. The highest BCUT2D eigenvalue weighted by Crippen LogP contribution is 2.20. The molecule has 1 aromatic rings. The van der Waals surface area contributed by atoms with Crippen molar-refractivity contribution in [2.24, 2.45) is 11.1 Å². The molecule has 2 rings (SSSR count). The van der Waals surface area contributed by atoms with E-state index in [1.807, 2.05) is 20.8 Å². The summed E-state index contributed by atoms with van der Waals surface area (Å²) < 4.78 is 0. The number of hydrogen-bond acceptors (Lipinski definition) is 4. The third-order valence-corrected chi connectivity index (χ3v) is 3.69. The Balaban J connectivity index is 2.07. The van der Waals surface area contributed by atoms with Crippen molar-refractivity contribution in [2.45, 2.75) is 33.4 Å². The zero-order valence-electron chi connectivity index (χ0n) is 13.6. The van der Waals surface area contributed by atoms with Gasteiger partial charge in [0.15, 0.2) is 0 Å². The Hall–Kier alpha value is -2.41. The maximum atomic E-state index is 12.2. The largest absolute Gasteiger partial charge is 0.329 e. The van der Waals surface area contributed by atoms with Crippen molar-refractivity contribution in [3.8, 4) is 0 Å². The second kappa shape index (κ2) is 6.37. The van der Waals surface area contributed by atoms with Crippen molar-refractivity contribution in [3.05, 3.63) is 29.8 Å². The van der Waals surface area contributed by atoms with E-state index >= 15 is 0 Å². The van der Waals surface area contributed by atoms with Gasteiger partial charge in [-0.25, -0.2) is 4.79 Å². The molecule has 1 heterocycles. The number of nitrogens with zero attached hydrogens (tertiary/aromatic N) is 1. The highest BCUT2D eigenvalue weighted by molar-refractivity contribution is 6.01. The van der Waals surface area contributed by atoms with Gasteiger partial charge in [0.1, 0.15) is 0 Å². The molecule has 0 spiro atoms. The fourth-order valence-electron chi connectivity index (χ4n) is 2.16. The zero-order valence-corrected chi connectivity index (χ0v) is 13.6. The van der Waals surface area contributed by atoms with Crippen LogP contribution >= 0.6 is 0 Å². The molecular formula is C16H22N4O3. The molecule has 7 nitrogen and oxygen atoms in total. The van der Waals surface area contributed by atoms with Gasteiger partial charge in [-0.05, 0) is 23.1 Å². The van der Waals surface area contributed by atoms with Crippen LogP contribution in [0.15, 0.2) is 24.3 Å². The minimum Gasteiger partial charge on any atom is -0.329 e. The molecule has 0 unspecified atom stereocenters. The van der Waals surface area contributed by atoms with Crippen LogP contribution in [-0.2, 0) is 16.1 Å². The number of amides is 4. The molecule has 0 radical (unpaired) electrons. The number of carbonyl (C=O) groups excluding carboxylic acids is 3. The van der Waals surface area contributed by atoms with Gasteiger partial charge in [-0.2, -0.15) is 0 Å². The van der Waals surface area contributed by atoms with E-state index in [4.69, 9.17) is 5.73 Å². The van der Waals surface area contributed by atoms with Crippen LogP contribution in [0.2, 0.25) is 0 Å². The van der Waals surface area contributed by atoms with Gasteiger partial charge in [-0.1, -0.05) is 32.9 Å². The molecule has 1 atom stereocenters. The van der Waals surface area contributed by atoms with Gasteiger partial charge in [-0.3, -0.25) is 14.5 Å². The summed E-state index contributed by atoms with van der Waals surface area (Å²) in [5.41, 5.74) is 6.92. The molecule has 1 aliphatic rings. The third kappa shape index (κ3) is 4.07. The van der Waals surface area contributed by atoms with Crippen molar-refractivity contribution in [3.63, 3.8) is 0 Å². The molecule has 0 aliphatic carbocycles. The average molecular weight is 318 g/mol. The van der Waals surface area contributed by atoms with Crippen LogP contribution in [0, 0.1) is 5.41 Å². The Morgan fingerprint density at radius 3 is 2.65 bits per heavy atom. The van der Waals surface area contributed by atoms with Crippen LogP contribution in [0.5, 0.6) is 0 Å². The van der Waals surface area contributed by atoms with Crippen molar-refractivity contribution < 1.29 is 14.4 Å². The minimum atomic E-state index is -0.642. The van der Waals surface area contributed by atoms with Crippen molar-refractivity contribution in [2.75, 3.05) is 11.9 Å². The van der Waals surface area contributed by atoms with Crippen molar-refractivity contribution in [1.29, 1.82) is 0 Å². The average Bonchev–Trinajstić information content (AvgIpc) is 2.78. The van der Waals surface area contributed by atoms with E-state index in [1.54, 1.807) is 24.3 Å². The fraction of sp³-hybridized carbons (Fsp3) is 0.438. The normalized spacial score (nSPS) is 16.3. The lowest BCUT2D eigenvalue weighted by atomic mass is 9.87. The Morgan fingerprint density at radius 1 is 1.39 bits per heavy atom. The van der Waals surface area contributed by atoms with E-state index < -0.39 is 12.1 Å². The molecule has 124 valence electrons. The summed E-state index contributed by atoms with van der Waals surface area (Å²) >= 11 is 0. The lowest BCUT2D eigenvalue weighted by Crippen LogP contribution is -2.45. The molecule has 0 bridgehead atoms. The minimum absolute atomic E-state index is 0.0235. The van der Waals surface area contributed by atoms with E-state index in [0.717, 1.165) is 10.5 Å². The van der Waals surface area contributed by atoms with E-state index in [-0.39, 0.29) is 30.3 Å². The predicted molar refractivity (Wildman–Crippen MR) is 86.5 cm³/mol. The number of benzene rings is 1. The predicted octanol–water partition coefficient (Wildman–Crippen LogP) is 1.05. The lowest BCUT2D eigenvalue weighted by molar-refractivity contribution is -0.125. The summed E-state index contributed by atoms with van der Waals surface area (Å²) in [7, 11) is 0. The van der Waals surface area contributed by atoms with Crippen LogP contribution in [0.3, 0.4) is 0 Å². The Bertz CT molecular complexity index is 620. The first-order valence-corrected chi connectivity index (χ1v) is 7.42. The second-order valence-electron chi connectivity index (χ2n) is 6.67. The van der Waals surface area contributed by atoms with Gasteiger partial charge in [0.05, 0.1) is 19.1 Å². The first kappa shape index (κ1) is 17.0. The number of imide groups is 1. The smallest absolute Gasteiger partial charge is 0.324 e. The number of carbonyl (C=O) groups is 3. The molecule has 7 heteroatoms. The van der Waals surface area contributed by atoms with Crippen LogP contribution in [0.25, 0.3) is 0 Å². The summed E-state index contributed by atoms with van der Waals surface area (Å²) in [4.78, 5) is 36.5. The van der Waals surface area contributed by atoms with Gasteiger partial charge in [0.25, 0.3) is 0 Å². The molecule has 1 saturated heterocycles. The third-order valence-electron chi connectivity index (χ3n) is 3.69. The Kier molecular flexibility index (Phi) is 4.70. The molecule has 4 amide bonds. The SMILES string of the molecule is CC(C)(C)[C@H](N)C(=O)Nc1cccc(CN2C(=O)CNC2=O)c1. The second-order valence-corrected chi connectivity index (χ2v) is 6.67. The number of rotatable bonds is 4. The topological polar surface area (TPSA) is 105 Å². The van der Waals surface area contributed by atoms with E-state index in [0.29, 0.717) is 5.69 Å². The lowest BCUT2D eigenvalue weighted by Gasteiger charge is -2.25. The molecule has 0 aromatic heterocycles. The molecule has 1 aromatic carbocycles. The summed E-state index contributed by atoms with van der Waals surface area (Å²) in [5, 5.41) is 5.24. The van der Waals surface area contributed by atoms with E-state index in [9.17, 15) is 14.4 Å². The van der Waals surface area contributed by atoms with Gasteiger partial charge >= 0.3 is 6.03 Å². The van der Waals surface area contributed by atoms with Gasteiger partial charge in [-0.15, -0.1) is 0 Å². The molecule has 0 saturated carbocycles. The first-order chi connectivity index (χ1) is 10.7. The number of hydrogen-bond donors (Lipinski definition) is 3. The summed E-state index contributed by atoms with van der Waals surface area (Å²) in [6.07, 6.45) is 0. The number of nitrogens with two attached hydrogens (primary N) is 1. The van der Waals surface area contributed by atoms with Crippen molar-refractivity contribution >= 4 is 23.5 Å². The standard InChI is InChI=1S/C16H22N4O3/c1-16(2,3)13(17)14(22)19-11-6-4-5-10(7-11)9-20-12(21)8-18-15(20)23/h4-7,13H,8-9,17H2,1-3H3,(H,18,23)(H,19,22)/t13-/m1/s1. The summed E-state index contributed by atoms with van der Waals surface area (Å²) in [6, 6.07) is 5.97. The van der Waals surface area contributed by atoms with Crippen LogP contribution < -0.4 is 16.4 Å². The van der Waals surface area contributed by atoms with Gasteiger partial charge in [0, 0.05) is 5.69 Å². The van der Waals surface area contributed by atoms with Crippen LogP contribution in [-0.4, -0.2) is 35.3 Å². The highest BCUT2D eigenvalue weighted by Gasteiger charge is 2.29. The number of anilines is 1. The molecule has 1 fully saturated rings. The van der Waals surface area contributed by atoms with Crippen molar-refractivity contribution in [1.82, 2.24) is 10.2 Å². The number of nitrogens with one attached hydrogen (secondary N) is 2. The maximum Gasteiger partial charge on any atom is 0.324 e. The fourth-order valence-corrected chi connectivity index (χ4v) is 2.16. The quantitative estimate of drug-likeness (QED) is 0.722. The monoisotopic (exact) mass is 318 g/mol. The number of urea groups is 1. The van der Waals surface area contributed by atoms with Crippen LogP contribution in [0.1, 0.15) is 26.3 Å². The molecule has 4 N–H and O–H groups in total. The zero-order chi connectivity index (χ0) is 17.2. The highest BCUT2D eigenvalue weighted by atomic mass is 16.2. The summed E-state index contributed by atoms with van der Waals surface area (Å²) in [6.45, 7) is 5.87. The van der Waals surface area contributed by atoms with Crippen LogP contribution in [0.4, 0.5) is 10.5 Å². The Morgan fingerprint density at radius 2 is 2.09 bits per heavy atom.